The van der Waals surface area contributed by atoms with E-state index in [0.29, 0.717) is 5.69 Å². The average Bonchev–Trinajstić information content (AvgIpc) is 2.63. The van der Waals surface area contributed by atoms with Gasteiger partial charge in [0.25, 0.3) is 0 Å². The number of carbonyl (C=O) groups excluding carboxylic acids is 1. The molecule has 3 nitrogen and oxygen atoms in total. The molecule has 0 bridgehead atoms. The minimum absolute atomic E-state index is 0.00399. The zero-order valence-electron chi connectivity index (χ0n) is 9.16. The van der Waals surface area contributed by atoms with E-state index in [0.717, 1.165) is 10.9 Å². The van der Waals surface area contributed by atoms with Crippen LogP contribution in [-0.4, -0.2) is 15.9 Å². The number of aromatic nitrogens is 1. The summed E-state index contributed by atoms with van der Waals surface area (Å²) < 4.78 is 0. The second-order valence-electron chi connectivity index (χ2n) is 3.01. The number of phenolic OH excluding ortho intramolecular Hbond substituents is 1. The van der Waals surface area contributed by atoms with Crippen LogP contribution in [0.3, 0.4) is 0 Å². The molecule has 2 N–H and O–H groups in total. The molecular weight excluding hydrogens is 190 g/mol. The van der Waals surface area contributed by atoms with Crippen molar-refractivity contribution < 1.29 is 9.90 Å². The number of H-pyrrole nitrogens is 1. The molecule has 0 aliphatic heterocycles. The topological polar surface area (TPSA) is 53.1 Å². The molecule has 15 heavy (non-hydrogen) atoms. The van der Waals surface area contributed by atoms with E-state index in [1.54, 1.807) is 24.3 Å². The van der Waals surface area contributed by atoms with Crippen LogP contribution in [0, 0.1) is 0 Å². The normalized spacial score (nSPS) is 9.53. The third-order valence-corrected chi connectivity index (χ3v) is 1.98. The van der Waals surface area contributed by atoms with Crippen molar-refractivity contribution in [3.05, 3.63) is 30.0 Å². The molecule has 2 rings (SSSR count). The van der Waals surface area contributed by atoms with Crippen LogP contribution >= 0.6 is 0 Å². The monoisotopic (exact) mass is 205 g/mol. The van der Waals surface area contributed by atoms with Crippen LogP contribution in [0.4, 0.5) is 0 Å². The predicted octanol–water partition coefficient (Wildman–Crippen LogP) is 3.10. The summed E-state index contributed by atoms with van der Waals surface area (Å²) >= 11 is 0. The first-order valence-electron chi connectivity index (χ1n) is 4.99. The van der Waals surface area contributed by atoms with Gasteiger partial charge in [-0.1, -0.05) is 13.8 Å². The van der Waals surface area contributed by atoms with Gasteiger partial charge in [0.15, 0.2) is 5.78 Å². The number of aromatic amines is 1. The van der Waals surface area contributed by atoms with Gasteiger partial charge in [0, 0.05) is 17.8 Å². The number of benzene rings is 1. The molecule has 1 aromatic carbocycles. The summed E-state index contributed by atoms with van der Waals surface area (Å²) in [6.07, 6.45) is 0. The zero-order valence-corrected chi connectivity index (χ0v) is 9.16. The smallest absolute Gasteiger partial charge is 0.175 e. The van der Waals surface area contributed by atoms with Crippen LogP contribution in [-0.2, 0) is 0 Å². The summed E-state index contributed by atoms with van der Waals surface area (Å²) in [5.41, 5.74) is 1.43. The number of fused-ring (bicyclic) bond motifs is 1. The number of ketones is 1. The van der Waals surface area contributed by atoms with E-state index < -0.39 is 0 Å². The molecular formula is C12H15NO2. The van der Waals surface area contributed by atoms with E-state index in [4.69, 9.17) is 0 Å². The molecule has 0 atom stereocenters. The maximum atomic E-state index is 11.0. The maximum absolute atomic E-state index is 11.0. The van der Waals surface area contributed by atoms with E-state index in [9.17, 15) is 9.90 Å². The molecule has 0 saturated heterocycles. The summed E-state index contributed by atoms with van der Waals surface area (Å²) in [5, 5.41) is 10.0. The molecule has 0 saturated carbocycles. The summed E-state index contributed by atoms with van der Waals surface area (Å²) in [6.45, 7) is 5.50. The Labute approximate surface area is 88.7 Å². The van der Waals surface area contributed by atoms with Gasteiger partial charge in [-0.05, 0) is 24.3 Å². The average molecular weight is 205 g/mol. The molecule has 2 aromatic rings. The zero-order chi connectivity index (χ0) is 11.4. The molecule has 3 heteroatoms. The molecule has 0 aliphatic rings. The van der Waals surface area contributed by atoms with Crippen LogP contribution in [0.5, 0.6) is 5.75 Å². The minimum atomic E-state index is -0.00399. The van der Waals surface area contributed by atoms with Crippen molar-refractivity contribution in [2.45, 2.75) is 20.8 Å². The lowest BCUT2D eigenvalue weighted by atomic mass is 10.2. The molecule has 0 amide bonds. The summed E-state index contributed by atoms with van der Waals surface area (Å²) in [4.78, 5) is 14.0. The predicted molar refractivity (Wildman–Crippen MR) is 61.3 cm³/mol. The highest BCUT2D eigenvalue weighted by atomic mass is 16.3. The van der Waals surface area contributed by atoms with Gasteiger partial charge in [0.05, 0.1) is 5.69 Å². The van der Waals surface area contributed by atoms with Crippen molar-refractivity contribution >= 4 is 16.7 Å². The van der Waals surface area contributed by atoms with Gasteiger partial charge in [0.2, 0.25) is 0 Å². The summed E-state index contributed by atoms with van der Waals surface area (Å²) in [5.74, 6) is 0.206. The maximum Gasteiger partial charge on any atom is 0.175 e. The van der Waals surface area contributed by atoms with Gasteiger partial charge in [-0.15, -0.1) is 0 Å². The van der Waals surface area contributed by atoms with Crippen molar-refractivity contribution in [2.75, 3.05) is 0 Å². The van der Waals surface area contributed by atoms with Crippen LogP contribution in [0.1, 0.15) is 31.3 Å². The van der Waals surface area contributed by atoms with Gasteiger partial charge in [-0.2, -0.15) is 0 Å². The molecule has 1 aromatic heterocycles. The van der Waals surface area contributed by atoms with E-state index in [1.807, 2.05) is 13.8 Å². The van der Waals surface area contributed by atoms with Gasteiger partial charge >= 0.3 is 0 Å². The van der Waals surface area contributed by atoms with Crippen molar-refractivity contribution in [1.29, 1.82) is 0 Å². The number of aromatic hydroxyl groups is 1. The van der Waals surface area contributed by atoms with E-state index in [2.05, 4.69) is 4.98 Å². The van der Waals surface area contributed by atoms with Gasteiger partial charge in [-0.25, -0.2) is 0 Å². The SMILES string of the molecule is CC.CC(=O)c1cc2cc(O)ccc2[nH]1. The number of hydrogen-bond donors (Lipinski definition) is 2. The molecule has 80 valence electrons. The number of nitrogens with one attached hydrogen (secondary N) is 1. The van der Waals surface area contributed by atoms with Crippen LogP contribution in [0.25, 0.3) is 10.9 Å². The lowest BCUT2D eigenvalue weighted by molar-refractivity contribution is 0.101. The van der Waals surface area contributed by atoms with E-state index >= 15 is 0 Å². The fourth-order valence-electron chi connectivity index (χ4n) is 1.31. The second-order valence-corrected chi connectivity index (χ2v) is 3.01. The number of hydrogen-bond acceptors (Lipinski definition) is 2. The fourth-order valence-corrected chi connectivity index (χ4v) is 1.31. The first kappa shape index (κ1) is 11.3. The van der Waals surface area contributed by atoms with Crippen molar-refractivity contribution in [3.63, 3.8) is 0 Å². The lowest BCUT2D eigenvalue weighted by Crippen LogP contribution is -1.89. The summed E-state index contributed by atoms with van der Waals surface area (Å²) in [7, 11) is 0. The number of carbonyl (C=O) groups is 1. The number of phenols is 1. The first-order valence-corrected chi connectivity index (χ1v) is 4.99. The summed E-state index contributed by atoms with van der Waals surface area (Å²) in [6, 6.07) is 6.69. The molecule has 1 heterocycles. The highest BCUT2D eigenvalue weighted by molar-refractivity contribution is 5.98. The number of Topliss-reactive ketones (excluding diaryl/α,β-unsaturated/α-hetero) is 1. The third-order valence-electron chi connectivity index (χ3n) is 1.98. The van der Waals surface area contributed by atoms with E-state index in [1.165, 1.54) is 6.92 Å². The molecule has 0 unspecified atom stereocenters. The Hall–Kier alpha value is -1.77. The third kappa shape index (κ3) is 2.37. The minimum Gasteiger partial charge on any atom is -0.508 e. The van der Waals surface area contributed by atoms with Crippen molar-refractivity contribution in [1.82, 2.24) is 4.98 Å². The molecule has 0 aliphatic carbocycles. The Morgan fingerprint density at radius 2 is 1.93 bits per heavy atom. The van der Waals surface area contributed by atoms with Crippen LogP contribution < -0.4 is 0 Å². The quantitative estimate of drug-likeness (QED) is 0.703. The lowest BCUT2D eigenvalue weighted by Gasteiger charge is -1.89. The fraction of sp³-hybridized carbons (Fsp3) is 0.250. The Bertz CT molecular complexity index is 471. The largest absolute Gasteiger partial charge is 0.508 e. The van der Waals surface area contributed by atoms with Crippen molar-refractivity contribution in [3.8, 4) is 5.75 Å². The Balaban J connectivity index is 0.000000531. The Morgan fingerprint density at radius 3 is 2.53 bits per heavy atom. The van der Waals surface area contributed by atoms with Crippen LogP contribution in [0.15, 0.2) is 24.3 Å². The van der Waals surface area contributed by atoms with Crippen molar-refractivity contribution in [2.24, 2.45) is 0 Å². The highest BCUT2D eigenvalue weighted by Gasteiger charge is 2.04. The van der Waals surface area contributed by atoms with E-state index in [-0.39, 0.29) is 11.5 Å². The van der Waals surface area contributed by atoms with Crippen LogP contribution in [0.2, 0.25) is 0 Å². The van der Waals surface area contributed by atoms with Gasteiger partial charge < -0.3 is 10.1 Å². The molecule has 0 radical (unpaired) electrons. The molecule has 0 fully saturated rings. The molecule has 0 spiro atoms. The second kappa shape index (κ2) is 4.64. The highest BCUT2D eigenvalue weighted by Crippen LogP contribution is 2.20. The number of rotatable bonds is 1. The first-order chi connectivity index (χ1) is 7.16. The Morgan fingerprint density at radius 1 is 1.27 bits per heavy atom. The van der Waals surface area contributed by atoms with Gasteiger partial charge in [0.1, 0.15) is 5.75 Å². The Kier molecular flexibility index (Phi) is 3.50. The standard InChI is InChI=1S/C10H9NO2.C2H6/c1-6(12)10-5-7-4-8(13)2-3-9(7)11-10;1-2/h2-5,11,13H,1H3;1-2H3. The van der Waals surface area contributed by atoms with Gasteiger partial charge in [-0.3, -0.25) is 4.79 Å².